The first kappa shape index (κ1) is 31.5. The van der Waals surface area contributed by atoms with Gasteiger partial charge < -0.3 is 10.2 Å². The quantitative estimate of drug-likeness (QED) is 0.231. The zero-order valence-electron chi connectivity index (χ0n) is 25.2. The third-order valence-electron chi connectivity index (χ3n) is 7.30. The summed E-state index contributed by atoms with van der Waals surface area (Å²) in [5.74, 6) is -0.773. The lowest BCUT2D eigenvalue weighted by Crippen LogP contribution is -2.53. The van der Waals surface area contributed by atoms with E-state index in [1.54, 1.807) is 24.3 Å². The van der Waals surface area contributed by atoms with E-state index in [0.717, 1.165) is 22.3 Å². The molecule has 0 heterocycles. The van der Waals surface area contributed by atoms with Gasteiger partial charge in [-0.15, -0.1) is 0 Å². The molecule has 0 saturated carbocycles. The summed E-state index contributed by atoms with van der Waals surface area (Å²) in [5, 5.41) is 2.89. The average molecular weight is 598 g/mol. The Labute approximate surface area is 255 Å². The highest BCUT2D eigenvalue weighted by Crippen LogP contribution is 2.29. The SMILES string of the molecule is CCNC(=O)[C@@H](Cc1ccccc1)N(Cc1cccc(C)c1)C(=O)CN(c1cc(C)ccc1C)S(=O)(=O)c1ccccc1. The van der Waals surface area contributed by atoms with Gasteiger partial charge in [0.25, 0.3) is 10.0 Å². The number of anilines is 1. The van der Waals surface area contributed by atoms with Gasteiger partial charge in [-0.1, -0.05) is 90.5 Å². The molecule has 0 aliphatic heterocycles. The molecule has 2 amide bonds. The summed E-state index contributed by atoms with van der Waals surface area (Å²) >= 11 is 0. The van der Waals surface area contributed by atoms with Gasteiger partial charge in [0.2, 0.25) is 11.8 Å². The predicted molar refractivity (Wildman–Crippen MR) is 171 cm³/mol. The molecule has 4 aromatic rings. The van der Waals surface area contributed by atoms with Crippen molar-refractivity contribution >= 4 is 27.5 Å². The molecule has 1 atom stereocenters. The predicted octanol–water partition coefficient (Wildman–Crippen LogP) is 5.58. The molecule has 0 aliphatic rings. The van der Waals surface area contributed by atoms with Gasteiger partial charge >= 0.3 is 0 Å². The lowest BCUT2D eigenvalue weighted by atomic mass is 10.0. The zero-order valence-corrected chi connectivity index (χ0v) is 26.0. The van der Waals surface area contributed by atoms with Crippen molar-refractivity contribution in [3.8, 4) is 0 Å². The van der Waals surface area contributed by atoms with Crippen LogP contribution in [0.4, 0.5) is 5.69 Å². The van der Waals surface area contributed by atoms with E-state index < -0.39 is 28.5 Å². The Morgan fingerprint density at radius 1 is 0.767 bits per heavy atom. The molecule has 4 rings (SSSR count). The van der Waals surface area contributed by atoms with Crippen LogP contribution in [0.2, 0.25) is 0 Å². The summed E-state index contributed by atoms with van der Waals surface area (Å²) in [6, 6.07) is 30.1. The van der Waals surface area contributed by atoms with Gasteiger partial charge in [0, 0.05) is 19.5 Å². The molecule has 0 saturated heterocycles. The van der Waals surface area contributed by atoms with Gasteiger partial charge in [0.1, 0.15) is 12.6 Å². The van der Waals surface area contributed by atoms with Crippen molar-refractivity contribution in [3.63, 3.8) is 0 Å². The molecule has 0 radical (unpaired) electrons. The third-order valence-corrected chi connectivity index (χ3v) is 9.07. The van der Waals surface area contributed by atoms with Crippen LogP contribution in [-0.4, -0.2) is 44.3 Å². The average Bonchev–Trinajstić information content (AvgIpc) is 3.00. The summed E-state index contributed by atoms with van der Waals surface area (Å²) in [6.07, 6.45) is 0.277. The number of carbonyl (C=O) groups excluding carboxylic acids is 2. The second-order valence-corrected chi connectivity index (χ2v) is 12.6. The molecular weight excluding hydrogens is 558 g/mol. The van der Waals surface area contributed by atoms with Crippen LogP contribution < -0.4 is 9.62 Å². The number of likely N-dealkylation sites (N-methyl/N-ethyl adjacent to an activating group) is 1. The fourth-order valence-electron chi connectivity index (χ4n) is 5.07. The Hall–Kier alpha value is -4.43. The van der Waals surface area contributed by atoms with Gasteiger partial charge in [0.05, 0.1) is 10.6 Å². The van der Waals surface area contributed by atoms with Crippen LogP contribution in [0.5, 0.6) is 0 Å². The Balaban J connectivity index is 1.82. The number of carbonyl (C=O) groups is 2. The Kier molecular flexibility index (Phi) is 10.4. The first-order valence-electron chi connectivity index (χ1n) is 14.4. The molecule has 43 heavy (non-hydrogen) atoms. The molecule has 224 valence electrons. The standard InChI is InChI=1S/C35H39N3O4S/c1-5-36-35(40)33(23-29-14-8-6-9-15-29)37(24-30-16-12-13-26(2)21-30)34(39)25-38(32-22-27(3)19-20-28(32)4)43(41,42)31-17-10-7-11-18-31/h6-22,33H,5,23-25H2,1-4H3,(H,36,40)/t33-/m1/s1. The number of rotatable bonds is 12. The van der Waals surface area contributed by atoms with Crippen LogP contribution in [0.1, 0.15) is 34.7 Å². The van der Waals surface area contributed by atoms with E-state index in [9.17, 15) is 18.0 Å². The molecule has 8 heteroatoms. The summed E-state index contributed by atoms with van der Waals surface area (Å²) < 4.78 is 29.4. The van der Waals surface area contributed by atoms with Gasteiger partial charge in [0.15, 0.2) is 0 Å². The van der Waals surface area contributed by atoms with Gasteiger partial charge in [-0.3, -0.25) is 13.9 Å². The number of nitrogens with one attached hydrogen (secondary N) is 1. The molecule has 0 spiro atoms. The van der Waals surface area contributed by atoms with Crippen LogP contribution in [0.25, 0.3) is 0 Å². The molecular formula is C35H39N3O4S. The largest absolute Gasteiger partial charge is 0.355 e. The van der Waals surface area contributed by atoms with Gasteiger partial charge in [-0.05, 0) is 68.1 Å². The number of benzene rings is 4. The molecule has 1 N–H and O–H groups in total. The summed E-state index contributed by atoms with van der Waals surface area (Å²) in [7, 11) is -4.13. The molecule has 0 bridgehead atoms. The monoisotopic (exact) mass is 597 g/mol. The summed E-state index contributed by atoms with van der Waals surface area (Å²) in [4.78, 5) is 29.7. The minimum Gasteiger partial charge on any atom is -0.355 e. The van der Waals surface area contributed by atoms with Gasteiger partial charge in [-0.2, -0.15) is 0 Å². The normalized spacial score (nSPS) is 11.9. The van der Waals surface area contributed by atoms with Crippen molar-refractivity contribution < 1.29 is 18.0 Å². The lowest BCUT2D eigenvalue weighted by Gasteiger charge is -2.34. The topological polar surface area (TPSA) is 86.8 Å². The first-order valence-corrected chi connectivity index (χ1v) is 15.9. The number of sulfonamides is 1. The van der Waals surface area contributed by atoms with Crippen LogP contribution in [0.3, 0.4) is 0 Å². The van der Waals surface area contributed by atoms with Crippen LogP contribution in [0.15, 0.2) is 108 Å². The van der Waals surface area contributed by atoms with E-state index >= 15 is 0 Å². The van der Waals surface area contributed by atoms with E-state index in [2.05, 4.69) is 5.32 Å². The second-order valence-electron chi connectivity index (χ2n) is 10.7. The van der Waals surface area contributed by atoms with Gasteiger partial charge in [-0.25, -0.2) is 8.42 Å². The summed E-state index contributed by atoms with van der Waals surface area (Å²) in [5.41, 5.74) is 4.76. The van der Waals surface area contributed by atoms with E-state index in [1.807, 2.05) is 94.4 Å². The maximum Gasteiger partial charge on any atom is 0.264 e. The maximum absolute atomic E-state index is 14.5. The molecule has 4 aromatic carbocycles. The smallest absolute Gasteiger partial charge is 0.264 e. The Morgan fingerprint density at radius 3 is 2.05 bits per heavy atom. The highest BCUT2D eigenvalue weighted by molar-refractivity contribution is 7.92. The van der Waals surface area contributed by atoms with Crippen LogP contribution in [-0.2, 0) is 32.6 Å². The number of nitrogens with zero attached hydrogens (tertiary/aromatic N) is 2. The van der Waals surface area contributed by atoms with Crippen LogP contribution >= 0.6 is 0 Å². The number of amides is 2. The minimum absolute atomic E-state index is 0.0819. The van der Waals surface area contributed by atoms with Crippen LogP contribution in [0, 0.1) is 20.8 Å². The van der Waals surface area contributed by atoms with Crippen molar-refractivity contribution in [2.45, 2.75) is 51.6 Å². The van der Waals surface area contributed by atoms with E-state index in [0.29, 0.717) is 17.8 Å². The Morgan fingerprint density at radius 2 is 1.40 bits per heavy atom. The van der Waals surface area contributed by atoms with Crippen molar-refractivity contribution in [2.75, 3.05) is 17.4 Å². The highest BCUT2D eigenvalue weighted by Gasteiger charge is 2.35. The number of hydrogen-bond donors (Lipinski definition) is 1. The van der Waals surface area contributed by atoms with Crippen molar-refractivity contribution in [3.05, 3.63) is 131 Å². The highest BCUT2D eigenvalue weighted by atomic mass is 32.2. The minimum atomic E-state index is -4.13. The molecule has 7 nitrogen and oxygen atoms in total. The molecule has 0 unspecified atom stereocenters. The lowest BCUT2D eigenvalue weighted by molar-refractivity contribution is -0.140. The molecule has 0 aliphatic carbocycles. The summed E-state index contributed by atoms with van der Waals surface area (Å²) in [6.45, 7) is 7.57. The fraction of sp³-hybridized carbons (Fsp3) is 0.257. The van der Waals surface area contributed by atoms with Crippen molar-refractivity contribution in [1.29, 1.82) is 0 Å². The maximum atomic E-state index is 14.5. The zero-order chi connectivity index (χ0) is 31.0. The number of hydrogen-bond acceptors (Lipinski definition) is 4. The second kappa shape index (κ2) is 14.2. The van der Waals surface area contributed by atoms with E-state index in [-0.39, 0.29) is 23.8 Å². The first-order chi connectivity index (χ1) is 20.6. The van der Waals surface area contributed by atoms with Crippen molar-refractivity contribution in [2.24, 2.45) is 0 Å². The van der Waals surface area contributed by atoms with E-state index in [4.69, 9.17) is 0 Å². The third kappa shape index (κ3) is 7.90. The fourth-order valence-corrected chi connectivity index (χ4v) is 6.57. The molecule has 0 fully saturated rings. The van der Waals surface area contributed by atoms with E-state index in [1.165, 1.54) is 21.3 Å². The van der Waals surface area contributed by atoms with Crippen molar-refractivity contribution in [1.82, 2.24) is 10.2 Å². The Bertz CT molecular complexity index is 1660. The number of aryl methyl sites for hydroxylation is 3. The molecule has 0 aromatic heterocycles.